The van der Waals surface area contributed by atoms with Crippen LogP contribution >= 0.6 is 0 Å². The third kappa shape index (κ3) is 3.77. The highest BCUT2D eigenvalue weighted by atomic mass is 16.5. The summed E-state index contributed by atoms with van der Waals surface area (Å²) in [6, 6.07) is 15.7. The van der Waals surface area contributed by atoms with Gasteiger partial charge in [-0.05, 0) is 24.3 Å². The van der Waals surface area contributed by atoms with Gasteiger partial charge >= 0.3 is 0 Å². The lowest BCUT2D eigenvalue weighted by molar-refractivity contribution is -0.136. The fourth-order valence-electron chi connectivity index (χ4n) is 3.63. The number of benzene rings is 1. The summed E-state index contributed by atoms with van der Waals surface area (Å²) in [4.78, 5) is 21.1. The van der Waals surface area contributed by atoms with Gasteiger partial charge in [-0.2, -0.15) is 0 Å². The van der Waals surface area contributed by atoms with Crippen molar-refractivity contribution in [3.63, 3.8) is 0 Å². The smallest absolute Gasteiger partial charge is 0.253 e. The first-order valence-electron chi connectivity index (χ1n) is 8.94. The van der Waals surface area contributed by atoms with Gasteiger partial charge in [0.1, 0.15) is 12.2 Å². The first kappa shape index (κ1) is 17.1. The van der Waals surface area contributed by atoms with Gasteiger partial charge in [0.2, 0.25) is 0 Å². The largest absolute Gasteiger partial charge is 0.368 e. The average molecular weight is 353 g/mol. The van der Waals surface area contributed by atoms with Gasteiger partial charge in [0, 0.05) is 31.5 Å². The molecule has 2 aliphatic heterocycles. The van der Waals surface area contributed by atoms with E-state index in [1.165, 1.54) is 0 Å². The van der Waals surface area contributed by atoms with Gasteiger partial charge in [0.05, 0.1) is 25.5 Å². The molecule has 1 aromatic heterocycles. The minimum Gasteiger partial charge on any atom is -0.368 e. The second-order valence-corrected chi connectivity index (χ2v) is 6.87. The lowest BCUT2D eigenvalue weighted by atomic mass is 10.0. The summed E-state index contributed by atoms with van der Waals surface area (Å²) in [5.41, 5.74) is 1.40. The molecular weight excluding hydrogens is 330 g/mol. The van der Waals surface area contributed by atoms with Crippen LogP contribution < -0.4 is 4.90 Å². The summed E-state index contributed by atoms with van der Waals surface area (Å²) in [5.74, 6) is -0.0291. The number of hydrogen-bond donors (Lipinski definition) is 0. The third-order valence-electron chi connectivity index (χ3n) is 4.85. The molecule has 26 heavy (non-hydrogen) atoms. The quantitative estimate of drug-likeness (QED) is 0.841. The Morgan fingerprint density at radius 1 is 1.08 bits per heavy atom. The minimum absolute atomic E-state index is 0.0291. The van der Waals surface area contributed by atoms with Gasteiger partial charge in [-0.15, -0.1) is 0 Å². The van der Waals surface area contributed by atoms with Crippen LogP contribution in [0.3, 0.4) is 0 Å². The molecule has 0 saturated carbocycles. The van der Waals surface area contributed by atoms with E-state index < -0.39 is 5.60 Å². The van der Waals surface area contributed by atoms with Crippen molar-refractivity contribution in [3.05, 3.63) is 60.4 Å². The molecule has 0 N–H and O–H groups in total. The van der Waals surface area contributed by atoms with Crippen molar-refractivity contribution in [2.45, 2.75) is 12.1 Å². The van der Waals surface area contributed by atoms with Crippen molar-refractivity contribution in [3.8, 4) is 0 Å². The van der Waals surface area contributed by atoms with Gasteiger partial charge in [0.25, 0.3) is 5.91 Å². The molecule has 4 rings (SSSR count). The topological polar surface area (TPSA) is 54.9 Å². The molecule has 2 fully saturated rings. The molecule has 0 aliphatic carbocycles. The number of amides is 1. The predicted molar refractivity (Wildman–Crippen MR) is 97.8 cm³/mol. The number of nitrogens with zero attached hydrogens (tertiary/aromatic N) is 3. The van der Waals surface area contributed by atoms with Crippen LogP contribution in [0.1, 0.15) is 5.69 Å². The van der Waals surface area contributed by atoms with E-state index in [4.69, 9.17) is 9.47 Å². The van der Waals surface area contributed by atoms with Crippen LogP contribution in [0.5, 0.6) is 0 Å². The molecule has 2 aromatic rings. The highest BCUT2D eigenvalue weighted by Crippen LogP contribution is 2.27. The van der Waals surface area contributed by atoms with Crippen molar-refractivity contribution < 1.29 is 14.3 Å². The predicted octanol–water partition coefficient (Wildman–Crippen LogP) is 1.72. The maximum Gasteiger partial charge on any atom is 0.253 e. The van der Waals surface area contributed by atoms with E-state index in [9.17, 15) is 4.79 Å². The lowest BCUT2D eigenvalue weighted by Crippen LogP contribution is -2.59. The Morgan fingerprint density at radius 2 is 1.92 bits per heavy atom. The van der Waals surface area contributed by atoms with Crippen molar-refractivity contribution in [2.24, 2.45) is 0 Å². The number of morpholine rings is 1. The first-order valence-corrected chi connectivity index (χ1v) is 8.94. The number of ether oxygens (including phenoxy) is 2. The number of rotatable bonds is 3. The van der Waals surface area contributed by atoms with Crippen LogP contribution in [0.15, 0.2) is 54.7 Å². The molecule has 0 bridgehead atoms. The summed E-state index contributed by atoms with van der Waals surface area (Å²) >= 11 is 0. The standard InChI is InChI=1S/C20H23N3O3/c24-19-13-25-16-20(15-23(19)18-7-2-1-3-8-18)14-22(10-11-26-20)12-17-6-4-5-9-21-17/h1-9H,10-16H2. The number of hydrogen-bond acceptors (Lipinski definition) is 5. The van der Waals surface area contributed by atoms with Gasteiger partial charge in [-0.3, -0.25) is 14.7 Å². The van der Waals surface area contributed by atoms with Gasteiger partial charge in [0.15, 0.2) is 0 Å². The zero-order chi connectivity index (χ0) is 17.8. The van der Waals surface area contributed by atoms with Gasteiger partial charge in [-0.1, -0.05) is 24.3 Å². The first-order chi connectivity index (χ1) is 12.7. The van der Waals surface area contributed by atoms with E-state index in [2.05, 4.69) is 9.88 Å². The zero-order valence-electron chi connectivity index (χ0n) is 14.7. The van der Waals surface area contributed by atoms with E-state index in [0.29, 0.717) is 26.3 Å². The van der Waals surface area contributed by atoms with E-state index in [1.54, 1.807) is 4.90 Å². The Morgan fingerprint density at radius 3 is 2.73 bits per heavy atom. The highest BCUT2D eigenvalue weighted by Gasteiger charge is 2.42. The summed E-state index contributed by atoms with van der Waals surface area (Å²) < 4.78 is 11.9. The molecule has 2 saturated heterocycles. The molecule has 2 aliphatic rings. The van der Waals surface area contributed by atoms with Crippen LogP contribution in [0.25, 0.3) is 0 Å². The maximum atomic E-state index is 12.5. The van der Waals surface area contributed by atoms with Gasteiger partial charge in [-0.25, -0.2) is 0 Å². The van der Waals surface area contributed by atoms with Crippen LogP contribution in [0.2, 0.25) is 0 Å². The van der Waals surface area contributed by atoms with Crippen molar-refractivity contribution in [2.75, 3.05) is 44.4 Å². The summed E-state index contributed by atoms with van der Waals surface area (Å²) in [5, 5.41) is 0. The lowest BCUT2D eigenvalue weighted by Gasteiger charge is -2.43. The number of carbonyl (C=O) groups excluding carboxylic acids is 1. The van der Waals surface area contributed by atoms with E-state index >= 15 is 0 Å². The third-order valence-corrected chi connectivity index (χ3v) is 4.85. The molecular formula is C20H23N3O3. The summed E-state index contributed by atoms with van der Waals surface area (Å²) in [6.07, 6.45) is 1.82. The number of anilines is 1. The molecule has 1 spiro atoms. The summed E-state index contributed by atoms with van der Waals surface area (Å²) in [7, 11) is 0. The van der Waals surface area contributed by atoms with Crippen LogP contribution in [-0.2, 0) is 20.8 Å². The molecule has 1 amide bonds. The normalized spacial score (nSPS) is 24.6. The van der Waals surface area contributed by atoms with Gasteiger partial charge < -0.3 is 14.4 Å². The molecule has 1 unspecified atom stereocenters. The SMILES string of the molecule is O=C1COCC2(CN(Cc3ccccn3)CCO2)CN1c1ccccc1. The fraction of sp³-hybridized carbons (Fsp3) is 0.400. The Balaban J connectivity index is 1.53. The monoisotopic (exact) mass is 353 g/mol. The molecule has 6 heteroatoms. The fourth-order valence-corrected chi connectivity index (χ4v) is 3.63. The number of carbonyl (C=O) groups is 1. The Hall–Kier alpha value is -2.28. The highest BCUT2D eigenvalue weighted by molar-refractivity contribution is 5.94. The van der Waals surface area contributed by atoms with Crippen molar-refractivity contribution >= 4 is 11.6 Å². The molecule has 3 heterocycles. The average Bonchev–Trinajstić information content (AvgIpc) is 2.82. The molecule has 0 radical (unpaired) electrons. The van der Waals surface area contributed by atoms with E-state index in [0.717, 1.165) is 24.5 Å². The van der Waals surface area contributed by atoms with Crippen LogP contribution in [0.4, 0.5) is 5.69 Å². The molecule has 6 nitrogen and oxygen atoms in total. The number of para-hydroxylation sites is 1. The molecule has 136 valence electrons. The van der Waals surface area contributed by atoms with Crippen LogP contribution in [-0.4, -0.2) is 60.8 Å². The van der Waals surface area contributed by atoms with Crippen molar-refractivity contribution in [1.82, 2.24) is 9.88 Å². The maximum absolute atomic E-state index is 12.5. The second-order valence-electron chi connectivity index (χ2n) is 6.87. The Labute approximate surface area is 153 Å². The minimum atomic E-state index is -0.519. The Bertz CT molecular complexity index is 740. The second kappa shape index (κ2) is 7.53. The van der Waals surface area contributed by atoms with Crippen LogP contribution in [0, 0.1) is 0 Å². The van der Waals surface area contributed by atoms with E-state index in [1.807, 2.05) is 54.7 Å². The molecule has 1 aromatic carbocycles. The van der Waals surface area contributed by atoms with E-state index in [-0.39, 0.29) is 12.5 Å². The summed E-state index contributed by atoms with van der Waals surface area (Å²) in [6.45, 7) is 3.94. The number of aromatic nitrogens is 1. The molecule has 1 atom stereocenters. The Kier molecular flexibility index (Phi) is 4.97. The number of pyridine rings is 1. The zero-order valence-corrected chi connectivity index (χ0v) is 14.7. The van der Waals surface area contributed by atoms with Crippen molar-refractivity contribution in [1.29, 1.82) is 0 Å².